The smallest absolute Gasteiger partial charge is 0.321 e. The molecule has 3 heterocycles. The monoisotopic (exact) mass is 359 g/mol. The lowest BCUT2D eigenvalue weighted by Gasteiger charge is -2.31. The van der Waals surface area contributed by atoms with E-state index in [0.29, 0.717) is 25.4 Å². The Balaban J connectivity index is 1.67. The number of aromatic nitrogens is 3. The number of nitrogens with zero attached hydrogens (tertiary/aromatic N) is 4. The first-order valence-corrected chi connectivity index (χ1v) is 9.05. The van der Waals surface area contributed by atoms with Crippen molar-refractivity contribution in [3.63, 3.8) is 0 Å². The van der Waals surface area contributed by atoms with Gasteiger partial charge >= 0.3 is 12.0 Å². The summed E-state index contributed by atoms with van der Waals surface area (Å²) in [5.41, 5.74) is 1.41. The fourth-order valence-electron chi connectivity index (χ4n) is 3.20. The van der Waals surface area contributed by atoms with E-state index in [0.717, 1.165) is 23.9 Å². The van der Waals surface area contributed by atoms with E-state index in [1.165, 1.54) is 0 Å². The average molecular weight is 359 g/mol. The summed E-state index contributed by atoms with van der Waals surface area (Å²) in [4.78, 5) is 30.6. The summed E-state index contributed by atoms with van der Waals surface area (Å²) in [6.07, 6.45) is 4.92. The molecule has 1 atom stereocenters. The number of piperidine rings is 1. The molecule has 1 fully saturated rings. The van der Waals surface area contributed by atoms with Crippen molar-refractivity contribution in [1.29, 1.82) is 0 Å². The number of carbonyl (C=O) groups is 2. The van der Waals surface area contributed by atoms with Crippen LogP contribution in [-0.4, -0.2) is 51.4 Å². The largest absolute Gasteiger partial charge is 0.466 e. The standard InChI is InChI=1S/C18H25N5O3/c1-4-26-17(24)13-6-5-7-22(11-13)18(25)21-15-8-14-9-20-23(12(2)3)16(14)19-10-15/h8-10,12-13H,4-7,11H2,1-3H3,(H,21,25)/t13-/m1/s1. The van der Waals surface area contributed by atoms with E-state index in [-0.39, 0.29) is 24.0 Å². The van der Waals surface area contributed by atoms with Gasteiger partial charge in [-0.05, 0) is 39.7 Å². The van der Waals surface area contributed by atoms with Crippen LogP contribution < -0.4 is 5.32 Å². The second-order valence-electron chi connectivity index (χ2n) is 6.79. The van der Waals surface area contributed by atoms with Crippen LogP contribution in [0.2, 0.25) is 0 Å². The van der Waals surface area contributed by atoms with Crippen molar-refractivity contribution in [3.8, 4) is 0 Å². The Hall–Kier alpha value is -2.64. The third kappa shape index (κ3) is 3.79. The summed E-state index contributed by atoms with van der Waals surface area (Å²) < 4.78 is 6.92. The minimum atomic E-state index is -0.251. The summed E-state index contributed by atoms with van der Waals surface area (Å²) in [6, 6.07) is 1.85. The molecule has 140 valence electrons. The number of hydrogen-bond donors (Lipinski definition) is 1. The molecule has 8 nitrogen and oxygen atoms in total. The number of ether oxygens (including phenoxy) is 1. The van der Waals surface area contributed by atoms with Crippen LogP contribution in [0.1, 0.15) is 39.7 Å². The van der Waals surface area contributed by atoms with Crippen molar-refractivity contribution in [1.82, 2.24) is 19.7 Å². The zero-order valence-electron chi connectivity index (χ0n) is 15.4. The first-order chi connectivity index (χ1) is 12.5. The first-order valence-electron chi connectivity index (χ1n) is 9.05. The highest BCUT2D eigenvalue weighted by molar-refractivity contribution is 5.92. The van der Waals surface area contributed by atoms with Crippen molar-refractivity contribution in [2.24, 2.45) is 5.92 Å². The number of esters is 1. The summed E-state index contributed by atoms with van der Waals surface area (Å²) in [7, 11) is 0. The number of hydrogen-bond acceptors (Lipinski definition) is 5. The Morgan fingerprint density at radius 2 is 2.19 bits per heavy atom. The molecular weight excluding hydrogens is 334 g/mol. The van der Waals surface area contributed by atoms with E-state index >= 15 is 0 Å². The molecule has 26 heavy (non-hydrogen) atoms. The molecule has 8 heteroatoms. The van der Waals surface area contributed by atoms with Gasteiger partial charge in [-0.25, -0.2) is 14.5 Å². The van der Waals surface area contributed by atoms with Gasteiger partial charge in [0.2, 0.25) is 0 Å². The summed E-state index contributed by atoms with van der Waals surface area (Å²) in [5, 5.41) is 8.08. The van der Waals surface area contributed by atoms with Crippen molar-refractivity contribution in [2.75, 3.05) is 25.0 Å². The maximum atomic E-state index is 12.6. The van der Waals surface area contributed by atoms with Crippen molar-refractivity contribution >= 4 is 28.7 Å². The molecule has 0 aromatic carbocycles. The van der Waals surface area contributed by atoms with E-state index in [4.69, 9.17) is 4.74 Å². The van der Waals surface area contributed by atoms with E-state index in [1.807, 2.05) is 24.6 Å². The number of fused-ring (bicyclic) bond motifs is 1. The molecule has 1 saturated heterocycles. The lowest BCUT2D eigenvalue weighted by molar-refractivity contribution is -0.149. The van der Waals surface area contributed by atoms with Gasteiger partial charge < -0.3 is 15.0 Å². The highest BCUT2D eigenvalue weighted by atomic mass is 16.5. The number of amides is 2. The molecule has 0 radical (unpaired) electrons. The Bertz CT molecular complexity index is 801. The van der Waals surface area contributed by atoms with Gasteiger partial charge in [0.1, 0.15) is 0 Å². The Morgan fingerprint density at radius 1 is 1.38 bits per heavy atom. The van der Waals surface area contributed by atoms with Crippen LogP contribution in [0.25, 0.3) is 11.0 Å². The molecule has 3 rings (SSSR count). The number of rotatable bonds is 4. The van der Waals surface area contributed by atoms with Crippen LogP contribution in [0.4, 0.5) is 10.5 Å². The van der Waals surface area contributed by atoms with E-state index in [2.05, 4.69) is 15.4 Å². The molecular formula is C18H25N5O3. The number of anilines is 1. The second kappa shape index (κ2) is 7.72. The lowest BCUT2D eigenvalue weighted by atomic mass is 9.98. The Morgan fingerprint density at radius 3 is 2.92 bits per heavy atom. The third-order valence-electron chi connectivity index (χ3n) is 4.50. The van der Waals surface area contributed by atoms with Crippen LogP contribution in [0.15, 0.2) is 18.5 Å². The van der Waals surface area contributed by atoms with Gasteiger partial charge in [0.15, 0.2) is 5.65 Å². The zero-order chi connectivity index (χ0) is 18.7. The molecule has 0 unspecified atom stereocenters. The molecule has 1 aliphatic rings. The molecule has 1 aliphatic heterocycles. The number of urea groups is 1. The van der Waals surface area contributed by atoms with Crippen LogP contribution in [0.3, 0.4) is 0 Å². The first kappa shape index (κ1) is 18.2. The van der Waals surface area contributed by atoms with Gasteiger partial charge in [-0.2, -0.15) is 5.10 Å². The van der Waals surface area contributed by atoms with Crippen molar-refractivity contribution in [2.45, 2.75) is 39.7 Å². The van der Waals surface area contributed by atoms with Crippen LogP contribution in [-0.2, 0) is 9.53 Å². The lowest BCUT2D eigenvalue weighted by Crippen LogP contribution is -2.44. The van der Waals surface area contributed by atoms with E-state index < -0.39 is 0 Å². The second-order valence-corrected chi connectivity index (χ2v) is 6.79. The maximum Gasteiger partial charge on any atom is 0.321 e. The molecule has 2 amide bonds. The molecule has 1 N–H and O–H groups in total. The zero-order valence-corrected chi connectivity index (χ0v) is 15.4. The molecule has 0 spiro atoms. The van der Waals surface area contributed by atoms with Gasteiger partial charge in [0.25, 0.3) is 0 Å². The van der Waals surface area contributed by atoms with Gasteiger partial charge in [-0.15, -0.1) is 0 Å². The van der Waals surface area contributed by atoms with Crippen molar-refractivity contribution in [3.05, 3.63) is 18.5 Å². The van der Waals surface area contributed by atoms with E-state index in [9.17, 15) is 9.59 Å². The quantitative estimate of drug-likeness (QED) is 0.848. The highest BCUT2D eigenvalue weighted by Gasteiger charge is 2.29. The molecule has 0 bridgehead atoms. The van der Waals surface area contributed by atoms with Gasteiger partial charge in [0, 0.05) is 24.5 Å². The van der Waals surface area contributed by atoms with Gasteiger partial charge in [0.05, 0.1) is 30.6 Å². The summed E-state index contributed by atoms with van der Waals surface area (Å²) in [5.74, 6) is -0.478. The molecule has 0 saturated carbocycles. The SMILES string of the molecule is CCOC(=O)[C@@H]1CCCN(C(=O)Nc2cnc3c(cnn3C(C)C)c2)C1. The molecule has 0 aliphatic carbocycles. The fourth-order valence-corrected chi connectivity index (χ4v) is 3.20. The Labute approximate surface area is 152 Å². The fraction of sp³-hybridized carbons (Fsp3) is 0.556. The minimum absolute atomic E-state index is 0.216. The predicted molar refractivity (Wildman–Crippen MR) is 97.9 cm³/mol. The summed E-state index contributed by atoms with van der Waals surface area (Å²) in [6.45, 7) is 7.24. The molecule has 2 aromatic heterocycles. The number of pyridine rings is 1. The highest BCUT2D eigenvalue weighted by Crippen LogP contribution is 2.21. The molecule has 2 aromatic rings. The normalized spacial score (nSPS) is 17.5. The average Bonchev–Trinajstić information content (AvgIpc) is 3.05. The minimum Gasteiger partial charge on any atom is -0.466 e. The third-order valence-corrected chi connectivity index (χ3v) is 4.50. The van der Waals surface area contributed by atoms with E-state index in [1.54, 1.807) is 24.2 Å². The van der Waals surface area contributed by atoms with Gasteiger partial charge in [-0.3, -0.25) is 4.79 Å². The van der Waals surface area contributed by atoms with Crippen LogP contribution in [0, 0.1) is 5.92 Å². The number of likely N-dealkylation sites (tertiary alicyclic amines) is 1. The summed E-state index contributed by atoms with van der Waals surface area (Å²) >= 11 is 0. The number of carbonyl (C=O) groups excluding carboxylic acids is 2. The van der Waals surface area contributed by atoms with Gasteiger partial charge in [-0.1, -0.05) is 0 Å². The topological polar surface area (TPSA) is 89.3 Å². The predicted octanol–water partition coefficient (Wildman–Crippen LogP) is 2.82. The van der Waals surface area contributed by atoms with Crippen LogP contribution in [0.5, 0.6) is 0 Å². The number of nitrogens with one attached hydrogen (secondary N) is 1. The van der Waals surface area contributed by atoms with Crippen molar-refractivity contribution < 1.29 is 14.3 Å². The van der Waals surface area contributed by atoms with Crippen LogP contribution >= 0.6 is 0 Å². The maximum absolute atomic E-state index is 12.6. The Kier molecular flexibility index (Phi) is 5.39.